The van der Waals surface area contributed by atoms with Gasteiger partial charge in [0.15, 0.2) is 6.04 Å². The third kappa shape index (κ3) is 4.53. The Hall–Kier alpha value is -2.70. The number of rotatable bonds is 8. The van der Waals surface area contributed by atoms with Crippen LogP contribution < -0.4 is 15.0 Å². The second kappa shape index (κ2) is 8.79. The van der Waals surface area contributed by atoms with Gasteiger partial charge in [-0.05, 0) is 36.2 Å². The lowest BCUT2D eigenvalue weighted by Crippen LogP contribution is -2.92. The van der Waals surface area contributed by atoms with E-state index in [1.54, 1.807) is 29.6 Å². The topological polar surface area (TPSA) is 83.4 Å². The molecule has 6 nitrogen and oxygen atoms in total. The first-order valence-electron chi connectivity index (χ1n) is 9.26. The minimum absolute atomic E-state index is 0.133. The summed E-state index contributed by atoms with van der Waals surface area (Å²) < 4.78 is 5.53. The van der Waals surface area contributed by atoms with Crippen molar-refractivity contribution >= 4 is 17.5 Å². The number of quaternary nitrogens is 1. The van der Waals surface area contributed by atoms with E-state index in [1.807, 2.05) is 37.3 Å². The van der Waals surface area contributed by atoms with Crippen LogP contribution in [0.25, 0.3) is 0 Å². The van der Waals surface area contributed by atoms with Crippen LogP contribution in [0.3, 0.4) is 0 Å². The fourth-order valence-corrected chi connectivity index (χ4v) is 3.13. The second-order valence-electron chi connectivity index (χ2n) is 6.62. The van der Waals surface area contributed by atoms with E-state index in [0.29, 0.717) is 24.6 Å². The highest BCUT2D eigenvalue weighted by atomic mass is 16.5. The van der Waals surface area contributed by atoms with Crippen molar-refractivity contribution in [1.29, 1.82) is 0 Å². The lowest BCUT2D eigenvalue weighted by Gasteiger charge is -2.16. The van der Waals surface area contributed by atoms with Gasteiger partial charge in [-0.1, -0.05) is 37.3 Å². The summed E-state index contributed by atoms with van der Waals surface area (Å²) >= 11 is 0. The number of nitrogens with two attached hydrogens (primary N) is 1. The highest BCUT2D eigenvalue weighted by Gasteiger charge is 2.42. The van der Waals surface area contributed by atoms with Gasteiger partial charge in [-0.25, -0.2) is 4.90 Å². The number of aliphatic hydroxyl groups excluding tert-OH is 1. The van der Waals surface area contributed by atoms with E-state index in [0.717, 1.165) is 12.0 Å². The smallest absolute Gasteiger partial charge is 0.292 e. The summed E-state index contributed by atoms with van der Waals surface area (Å²) in [4.78, 5) is 26.3. The average molecular weight is 369 g/mol. The molecule has 0 aliphatic carbocycles. The number of carbonyl (C=O) groups is 2. The van der Waals surface area contributed by atoms with Crippen molar-refractivity contribution in [3.8, 4) is 5.75 Å². The molecule has 6 heteroatoms. The molecule has 1 saturated heterocycles. The molecule has 27 heavy (non-hydrogen) atoms. The highest BCUT2D eigenvalue weighted by molar-refractivity contribution is 6.21. The van der Waals surface area contributed by atoms with E-state index in [1.165, 1.54) is 4.90 Å². The number of anilines is 1. The van der Waals surface area contributed by atoms with E-state index in [9.17, 15) is 14.7 Å². The van der Waals surface area contributed by atoms with Gasteiger partial charge in [0.2, 0.25) is 5.91 Å². The van der Waals surface area contributed by atoms with E-state index in [4.69, 9.17) is 4.74 Å². The van der Waals surface area contributed by atoms with E-state index in [-0.39, 0.29) is 18.2 Å². The van der Waals surface area contributed by atoms with Gasteiger partial charge in [-0.15, -0.1) is 0 Å². The first kappa shape index (κ1) is 19.1. The number of ether oxygens (including phenoxy) is 1. The van der Waals surface area contributed by atoms with Crippen LogP contribution in [0.1, 0.15) is 31.4 Å². The number of amides is 2. The molecule has 1 heterocycles. The molecule has 2 aromatic carbocycles. The van der Waals surface area contributed by atoms with Crippen LogP contribution >= 0.6 is 0 Å². The summed E-state index contributed by atoms with van der Waals surface area (Å²) in [6.45, 7) is 2.98. The molecule has 0 spiro atoms. The van der Waals surface area contributed by atoms with Crippen molar-refractivity contribution in [2.75, 3.05) is 18.1 Å². The maximum Gasteiger partial charge on any atom is 0.292 e. The molecule has 2 unspecified atom stereocenters. The largest absolute Gasteiger partial charge is 0.494 e. The zero-order chi connectivity index (χ0) is 19.2. The van der Waals surface area contributed by atoms with Crippen LogP contribution in [0.15, 0.2) is 54.6 Å². The maximum absolute atomic E-state index is 12.7. The average Bonchev–Trinajstić information content (AvgIpc) is 2.99. The molecule has 2 atom stereocenters. The minimum atomic E-state index is -0.682. The van der Waals surface area contributed by atoms with Gasteiger partial charge in [0.25, 0.3) is 5.91 Å². The first-order valence-corrected chi connectivity index (χ1v) is 9.26. The van der Waals surface area contributed by atoms with Crippen LogP contribution in [0.4, 0.5) is 5.69 Å². The molecule has 0 bridgehead atoms. The van der Waals surface area contributed by atoms with Crippen LogP contribution in [-0.2, 0) is 9.59 Å². The standard InChI is InChI=1S/C21H24N2O4/c1-2-12-27-17-10-8-16(9-11-17)23-20(25)13-18(21(23)26)22-14-19(24)15-6-4-3-5-7-15/h3-11,18-19,22,24H,2,12-14H2,1H3/p+1. The van der Waals surface area contributed by atoms with Gasteiger partial charge >= 0.3 is 0 Å². The molecule has 2 aromatic rings. The second-order valence-corrected chi connectivity index (χ2v) is 6.62. The van der Waals surface area contributed by atoms with Gasteiger partial charge in [-0.2, -0.15) is 0 Å². The summed E-state index contributed by atoms with van der Waals surface area (Å²) in [6, 6.07) is 15.8. The Kier molecular flexibility index (Phi) is 6.21. The van der Waals surface area contributed by atoms with E-state index < -0.39 is 12.1 Å². The van der Waals surface area contributed by atoms with Crippen molar-refractivity contribution in [1.82, 2.24) is 0 Å². The first-order chi connectivity index (χ1) is 13.1. The van der Waals surface area contributed by atoms with Gasteiger partial charge in [0.05, 0.1) is 18.7 Å². The summed E-state index contributed by atoms with van der Waals surface area (Å²) in [5, 5.41) is 12.0. The van der Waals surface area contributed by atoms with Gasteiger partial charge < -0.3 is 15.2 Å². The Labute approximate surface area is 158 Å². The van der Waals surface area contributed by atoms with Crippen LogP contribution in [0.5, 0.6) is 5.75 Å². The lowest BCUT2D eigenvalue weighted by molar-refractivity contribution is -0.681. The number of nitrogens with zero attached hydrogens (tertiary/aromatic N) is 1. The Bertz CT molecular complexity index is 777. The van der Waals surface area contributed by atoms with Crippen molar-refractivity contribution < 1.29 is 24.7 Å². The molecular formula is C21H25N2O4+. The molecule has 3 rings (SSSR count). The predicted molar refractivity (Wildman–Crippen MR) is 101 cm³/mol. The molecular weight excluding hydrogens is 344 g/mol. The van der Waals surface area contributed by atoms with Crippen LogP contribution in [0, 0.1) is 0 Å². The van der Waals surface area contributed by atoms with E-state index in [2.05, 4.69) is 0 Å². The van der Waals surface area contributed by atoms with Gasteiger partial charge in [0.1, 0.15) is 18.4 Å². The fourth-order valence-electron chi connectivity index (χ4n) is 3.13. The molecule has 2 amide bonds. The minimum Gasteiger partial charge on any atom is -0.494 e. The summed E-state index contributed by atoms with van der Waals surface area (Å²) in [7, 11) is 0. The third-order valence-corrected chi connectivity index (χ3v) is 4.58. The van der Waals surface area contributed by atoms with E-state index >= 15 is 0 Å². The molecule has 1 aliphatic heterocycles. The third-order valence-electron chi connectivity index (χ3n) is 4.58. The van der Waals surface area contributed by atoms with Crippen LogP contribution in [0.2, 0.25) is 0 Å². The zero-order valence-electron chi connectivity index (χ0n) is 15.4. The SMILES string of the molecule is CCCOc1ccc(N2C(=O)CC([NH2+]CC(O)c3ccccc3)C2=O)cc1. The molecule has 3 N–H and O–H groups in total. The highest BCUT2D eigenvalue weighted by Crippen LogP contribution is 2.24. The number of carbonyl (C=O) groups excluding carboxylic acids is 2. The van der Waals surface area contributed by atoms with Crippen molar-refractivity contribution in [3.63, 3.8) is 0 Å². The fraction of sp³-hybridized carbons (Fsp3) is 0.333. The number of aliphatic hydroxyl groups is 1. The molecule has 0 saturated carbocycles. The maximum atomic E-state index is 12.7. The van der Waals surface area contributed by atoms with Crippen molar-refractivity contribution in [3.05, 3.63) is 60.2 Å². The van der Waals surface area contributed by atoms with Gasteiger partial charge in [-0.3, -0.25) is 9.59 Å². The number of hydrogen-bond acceptors (Lipinski definition) is 4. The Morgan fingerprint density at radius 1 is 1.15 bits per heavy atom. The van der Waals surface area contributed by atoms with Crippen molar-refractivity contribution in [2.24, 2.45) is 0 Å². The monoisotopic (exact) mass is 369 g/mol. The number of imide groups is 1. The Morgan fingerprint density at radius 3 is 2.52 bits per heavy atom. The molecule has 0 radical (unpaired) electrons. The summed E-state index contributed by atoms with van der Waals surface area (Å²) in [5.41, 5.74) is 1.35. The zero-order valence-corrected chi connectivity index (χ0v) is 15.4. The summed E-state index contributed by atoms with van der Waals surface area (Å²) in [6.07, 6.45) is 0.365. The Balaban J connectivity index is 1.61. The quantitative estimate of drug-likeness (QED) is 0.689. The molecule has 1 fully saturated rings. The van der Waals surface area contributed by atoms with Crippen molar-refractivity contribution in [2.45, 2.75) is 31.9 Å². The molecule has 0 aromatic heterocycles. The summed E-state index contributed by atoms with van der Waals surface area (Å²) in [5.74, 6) is 0.244. The molecule has 1 aliphatic rings. The predicted octanol–water partition coefficient (Wildman–Crippen LogP) is 1.40. The normalized spacial score (nSPS) is 18.0. The van der Waals surface area contributed by atoms with Gasteiger partial charge in [0, 0.05) is 0 Å². The van der Waals surface area contributed by atoms with Crippen LogP contribution in [-0.4, -0.2) is 36.1 Å². The lowest BCUT2D eigenvalue weighted by atomic mass is 10.1. The Morgan fingerprint density at radius 2 is 1.85 bits per heavy atom. The number of hydrogen-bond donors (Lipinski definition) is 2. The number of benzene rings is 2. The molecule has 142 valence electrons.